The Bertz CT molecular complexity index is 1050. The standard InChI is InChI=1S/C24H20O5/c1-28-22-6-4-3-5-20(22)15-21(16-7-11-18(12-8-16)23(25)26)17-9-13-19(14-10-17)24(27)29-2/h3-15H,1-2H3,(H,25,26). The molecule has 0 aliphatic heterocycles. The molecule has 0 bridgehead atoms. The number of rotatable bonds is 6. The Labute approximate surface area is 168 Å². The molecule has 3 aromatic carbocycles. The Morgan fingerprint density at radius 1 is 0.759 bits per heavy atom. The summed E-state index contributed by atoms with van der Waals surface area (Å²) in [6, 6.07) is 21.3. The highest BCUT2D eigenvalue weighted by Crippen LogP contribution is 2.30. The van der Waals surface area contributed by atoms with E-state index >= 15 is 0 Å². The molecule has 3 rings (SSSR count). The summed E-state index contributed by atoms with van der Waals surface area (Å²) >= 11 is 0. The molecule has 0 aliphatic rings. The quantitative estimate of drug-likeness (QED) is 0.486. The summed E-state index contributed by atoms with van der Waals surface area (Å²) in [4.78, 5) is 22.9. The highest BCUT2D eigenvalue weighted by molar-refractivity contribution is 5.95. The number of esters is 1. The van der Waals surface area contributed by atoms with Gasteiger partial charge in [-0.05, 0) is 53.1 Å². The minimum Gasteiger partial charge on any atom is -0.496 e. The van der Waals surface area contributed by atoms with Gasteiger partial charge in [-0.1, -0.05) is 42.5 Å². The van der Waals surface area contributed by atoms with E-state index in [1.165, 1.54) is 7.11 Å². The lowest BCUT2D eigenvalue weighted by molar-refractivity contribution is 0.0599. The summed E-state index contributed by atoms with van der Waals surface area (Å²) in [5, 5.41) is 9.17. The second-order valence-electron chi connectivity index (χ2n) is 6.25. The Balaban J connectivity index is 2.12. The molecule has 0 aromatic heterocycles. The molecule has 0 saturated carbocycles. The van der Waals surface area contributed by atoms with E-state index in [2.05, 4.69) is 0 Å². The van der Waals surface area contributed by atoms with E-state index in [0.717, 1.165) is 28.0 Å². The van der Waals surface area contributed by atoms with Crippen LogP contribution in [0.5, 0.6) is 5.75 Å². The van der Waals surface area contributed by atoms with E-state index in [1.807, 2.05) is 42.5 Å². The predicted molar refractivity (Wildman–Crippen MR) is 111 cm³/mol. The van der Waals surface area contributed by atoms with Crippen LogP contribution in [-0.2, 0) is 4.74 Å². The van der Waals surface area contributed by atoms with Crippen LogP contribution in [0.1, 0.15) is 37.4 Å². The number of carbonyl (C=O) groups excluding carboxylic acids is 1. The van der Waals surface area contributed by atoms with Gasteiger partial charge < -0.3 is 14.6 Å². The summed E-state index contributed by atoms with van der Waals surface area (Å²) < 4.78 is 10.2. The number of carbonyl (C=O) groups is 2. The van der Waals surface area contributed by atoms with Gasteiger partial charge in [-0.15, -0.1) is 0 Å². The fraction of sp³-hybridized carbons (Fsp3) is 0.0833. The maximum Gasteiger partial charge on any atom is 0.337 e. The first-order valence-electron chi connectivity index (χ1n) is 8.90. The first-order chi connectivity index (χ1) is 14.0. The van der Waals surface area contributed by atoms with Crippen molar-refractivity contribution >= 4 is 23.6 Å². The average molecular weight is 388 g/mol. The minimum atomic E-state index is -0.978. The SMILES string of the molecule is COC(=O)c1ccc(C(=Cc2ccccc2OC)c2ccc(C(=O)O)cc2)cc1. The van der Waals surface area contributed by atoms with Crippen molar-refractivity contribution in [1.82, 2.24) is 0 Å². The van der Waals surface area contributed by atoms with Crippen molar-refractivity contribution in [2.45, 2.75) is 0 Å². The van der Waals surface area contributed by atoms with Gasteiger partial charge in [-0.2, -0.15) is 0 Å². The zero-order valence-corrected chi connectivity index (χ0v) is 16.1. The molecule has 0 radical (unpaired) electrons. The third-order valence-corrected chi connectivity index (χ3v) is 4.50. The van der Waals surface area contributed by atoms with Crippen LogP contribution in [0.3, 0.4) is 0 Å². The number of benzene rings is 3. The molecule has 0 atom stereocenters. The molecular formula is C24H20O5. The van der Waals surface area contributed by atoms with Crippen molar-refractivity contribution in [3.05, 3.63) is 101 Å². The van der Waals surface area contributed by atoms with Crippen molar-refractivity contribution in [2.75, 3.05) is 14.2 Å². The molecule has 0 spiro atoms. The predicted octanol–water partition coefficient (Wildman–Crippen LogP) is 4.77. The van der Waals surface area contributed by atoms with Gasteiger partial charge in [0.05, 0.1) is 25.3 Å². The number of ether oxygens (including phenoxy) is 2. The van der Waals surface area contributed by atoms with Crippen molar-refractivity contribution in [2.24, 2.45) is 0 Å². The molecule has 1 N–H and O–H groups in total. The average Bonchev–Trinajstić information content (AvgIpc) is 2.77. The van der Waals surface area contributed by atoms with Crippen molar-refractivity contribution < 1.29 is 24.2 Å². The summed E-state index contributed by atoms with van der Waals surface area (Å²) in [6.45, 7) is 0. The smallest absolute Gasteiger partial charge is 0.337 e. The normalized spacial score (nSPS) is 11.0. The summed E-state index contributed by atoms with van der Waals surface area (Å²) in [6.07, 6.45) is 1.97. The van der Waals surface area contributed by atoms with Crippen LogP contribution in [0.4, 0.5) is 0 Å². The van der Waals surface area contributed by atoms with E-state index < -0.39 is 11.9 Å². The van der Waals surface area contributed by atoms with Crippen molar-refractivity contribution in [3.63, 3.8) is 0 Å². The molecule has 5 heteroatoms. The monoisotopic (exact) mass is 388 g/mol. The number of hydrogen-bond donors (Lipinski definition) is 1. The Hall–Kier alpha value is -3.86. The summed E-state index contributed by atoms with van der Waals surface area (Å²) in [7, 11) is 2.95. The minimum absolute atomic E-state index is 0.214. The second kappa shape index (κ2) is 8.89. The van der Waals surface area contributed by atoms with Gasteiger partial charge in [0.1, 0.15) is 5.75 Å². The second-order valence-corrected chi connectivity index (χ2v) is 6.25. The number of carboxylic acids is 1. The molecule has 5 nitrogen and oxygen atoms in total. The number of hydrogen-bond acceptors (Lipinski definition) is 4. The lowest BCUT2D eigenvalue weighted by Crippen LogP contribution is -2.01. The molecule has 146 valence electrons. The van der Waals surface area contributed by atoms with E-state index in [4.69, 9.17) is 14.6 Å². The van der Waals surface area contributed by atoms with E-state index in [1.54, 1.807) is 43.5 Å². The van der Waals surface area contributed by atoms with Gasteiger partial charge >= 0.3 is 11.9 Å². The highest BCUT2D eigenvalue weighted by Gasteiger charge is 2.11. The number of para-hydroxylation sites is 1. The Morgan fingerprint density at radius 3 is 1.79 bits per heavy atom. The van der Waals surface area contributed by atoms with E-state index in [-0.39, 0.29) is 5.56 Å². The van der Waals surface area contributed by atoms with Crippen LogP contribution in [0.2, 0.25) is 0 Å². The van der Waals surface area contributed by atoms with Crippen LogP contribution in [0.15, 0.2) is 72.8 Å². The molecular weight excluding hydrogens is 368 g/mol. The molecule has 0 unspecified atom stereocenters. The van der Waals surface area contributed by atoms with E-state index in [0.29, 0.717) is 5.56 Å². The molecule has 0 heterocycles. The summed E-state index contributed by atoms with van der Waals surface area (Å²) in [5.41, 5.74) is 4.12. The Kier molecular flexibility index (Phi) is 6.09. The van der Waals surface area contributed by atoms with Crippen LogP contribution < -0.4 is 4.74 Å². The van der Waals surface area contributed by atoms with Gasteiger partial charge in [-0.3, -0.25) is 0 Å². The maximum atomic E-state index is 11.7. The first kappa shape index (κ1) is 19.9. The zero-order chi connectivity index (χ0) is 20.8. The lowest BCUT2D eigenvalue weighted by Gasteiger charge is -2.12. The highest BCUT2D eigenvalue weighted by atomic mass is 16.5. The molecule has 3 aromatic rings. The number of methoxy groups -OCH3 is 2. The van der Waals surface area contributed by atoms with Gasteiger partial charge in [0.2, 0.25) is 0 Å². The number of carboxylic acid groups (broad SMARTS) is 1. The van der Waals surface area contributed by atoms with Gasteiger partial charge in [0.15, 0.2) is 0 Å². The summed E-state index contributed by atoms with van der Waals surface area (Å²) in [5.74, 6) is -0.662. The van der Waals surface area contributed by atoms with Crippen LogP contribution >= 0.6 is 0 Å². The maximum absolute atomic E-state index is 11.7. The molecule has 0 saturated heterocycles. The van der Waals surface area contributed by atoms with Crippen molar-refractivity contribution in [1.29, 1.82) is 0 Å². The van der Waals surface area contributed by atoms with E-state index in [9.17, 15) is 9.59 Å². The molecule has 29 heavy (non-hydrogen) atoms. The lowest BCUT2D eigenvalue weighted by atomic mass is 9.94. The fourth-order valence-corrected chi connectivity index (χ4v) is 2.97. The Morgan fingerprint density at radius 2 is 1.28 bits per heavy atom. The van der Waals surface area contributed by atoms with Gasteiger partial charge in [0, 0.05) is 5.56 Å². The molecule has 0 aliphatic carbocycles. The molecule has 0 fully saturated rings. The van der Waals surface area contributed by atoms with Crippen LogP contribution in [-0.4, -0.2) is 31.3 Å². The first-order valence-corrected chi connectivity index (χ1v) is 8.90. The van der Waals surface area contributed by atoms with Gasteiger partial charge in [-0.25, -0.2) is 9.59 Å². The largest absolute Gasteiger partial charge is 0.496 e. The van der Waals surface area contributed by atoms with Gasteiger partial charge in [0.25, 0.3) is 0 Å². The molecule has 0 amide bonds. The fourth-order valence-electron chi connectivity index (χ4n) is 2.97. The zero-order valence-electron chi connectivity index (χ0n) is 16.1. The van der Waals surface area contributed by atoms with Crippen LogP contribution in [0.25, 0.3) is 11.6 Å². The topological polar surface area (TPSA) is 72.8 Å². The van der Waals surface area contributed by atoms with Crippen LogP contribution in [0, 0.1) is 0 Å². The van der Waals surface area contributed by atoms with Crippen molar-refractivity contribution in [3.8, 4) is 5.75 Å². The third kappa shape index (κ3) is 4.52. The third-order valence-electron chi connectivity index (χ3n) is 4.50. The number of aromatic carboxylic acids is 1.